The summed E-state index contributed by atoms with van der Waals surface area (Å²) in [6.07, 6.45) is 1.03. The highest BCUT2D eigenvalue weighted by molar-refractivity contribution is 5.91. The lowest BCUT2D eigenvalue weighted by Crippen LogP contribution is -3.28. The van der Waals surface area contributed by atoms with Gasteiger partial charge in [0.25, 0.3) is 5.91 Å². The van der Waals surface area contributed by atoms with E-state index >= 15 is 0 Å². The van der Waals surface area contributed by atoms with E-state index in [4.69, 9.17) is 4.74 Å². The fraction of sp³-hybridized carbons (Fsp3) is 0.435. The third-order valence-corrected chi connectivity index (χ3v) is 5.32. The van der Waals surface area contributed by atoms with Gasteiger partial charge in [-0.3, -0.25) is 4.79 Å². The van der Waals surface area contributed by atoms with Crippen molar-refractivity contribution < 1.29 is 23.7 Å². The molecule has 1 amide bonds. The molecule has 6 heteroatoms. The number of benzene rings is 2. The van der Waals surface area contributed by atoms with Crippen LogP contribution < -0.4 is 19.9 Å². The van der Waals surface area contributed by atoms with Crippen LogP contribution in [0.25, 0.3) is 0 Å². The predicted molar refractivity (Wildman–Crippen MR) is 112 cm³/mol. The summed E-state index contributed by atoms with van der Waals surface area (Å²) in [4.78, 5) is 15.0. The molecule has 2 aromatic rings. The molecule has 1 fully saturated rings. The van der Waals surface area contributed by atoms with Crippen LogP contribution in [0.5, 0.6) is 5.75 Å². The third-order valence-electron chi connectivity index (χ3n) is 5.32. The molecule has 1 aliphatic rings. The first-order chi connectivity index (χ1) is 14.0. The van der Waals surface area contributed by atoms with E-state index in [-0.39, 0.29) is 11.7 Å². The van der Waals surface area contributed by atoms with Crippen molar-refractivity contribution in [2.75, 3.05) is 51.2 Å². The molecule has 1 heterocycles. The van der Waals surface area contributed by atoms with Gasteiger partial charge in [-0.25, -0.2) is 4.39 Å². The standard InChI is InChI=1S/C23H30FN3O2/c1-18-13-19(2)15-22(14-18)29-12-4-7-26-8-10-27(11-9-26)17-23(28)25-21-6-3-5-20(24)16-21/h3,5-6,13-16H,4,7-12,17H2,1-2H3,(H,25,28)/p+2. The number of hydrogen-bond acceptors (Lipinski definition) is 2. The van der Waals surface area contributed by atoms with Crippen LogP contribution in [0.4, 0.5) is 10.1 Å². The Hall–Kier alpha value is -2.44. The number of quaternary nitrogens is 2. The van der Waals surface area contributed by atoms with E-state index in [0.29, 0.717) is 12.2 Å². The molecule has 1 aliphatic heterocycles. The van der Waals surface area contributed by atoms with Crippen LogP contribution in [-0.2, 0) is 4.79 Å². The molecule has 0 bridgehead atoms. The Kier molecular flexibility index (Phi) is 7.61. The molecule has 0 unspecified atom stereocenters. The Morgan fingerprint density at radius 3 is 2.41 bits per heavy atom. The summed E-state index contributed by atoms with van der Waals surface area (Å²) < 4.78 is 19.1. The first-order valence-corrected chi connectivity index (χ1v) is 10.4. The molecule has 3 rings (SSSR count). The van der Waals surface area contributed by atoms with Crippen LogP contribution in [-0.4, -0.2) is 51.8 Å². The second-order valence-corrected chi connectivity index (χ2v) is 8.01. The van der Waals surface area contributed by atoms with Crippen molar-refractivity contribution >= 4 is 11.6 Å². The number of hydrogen-bond donors (Lipinski definition) is 3. The van der Waals surface area contributed by atoms with Crippen LogP contribution in [0.15, 0.2) is 42.5 Å². The largest absolute Gasteiger partial charge is 0.493 e. The van der Waals surface area contributed by atoms with E-state index in [1.54, 1.807) is 17.0 Å². The van der Waals surface area contributed by atoms with Crippen molar-refractivity contribution in [2.45, 2.75) is 20.3 Å². The van der Waals surface area contributed by atoms with Crippen LogP contribution >= 0.6 is 0 Å². The number of ether oxygens (including phenoxy) is 1. The van der Waals surface area contributed by atoms with Crippen LogP contribution in [0.1, 0.15) is 17.5 Å². The van der Waals surface area contributed by atoms with Gasteiger partial charge in [0.05, 0.1) is 13.2 Å². The third kappa shape index (κ3) is 7.15. The van der Waals surface area contributed by atoms with Crippen molar-refractivity contribution in [3.05, 3.63) is 59.4 Å². The maximum absolute atomic E-state index is 13.2. The summed E-state index contributed by atoms with van der Waals surface area (Å²) in [6, 6.07) is 12.3. The van der Waals surface area contributed by atoms with Crippen molar-refractivity contribution in [1.82, 2.24) is 0 Å². The molecule has 0 aromatic heterocycles. The molecule has 156 valence electrons. The van der Waals surface area contributed by atoms with Crippen LogP contribution in [0.2, 0.25) is 0 Å². The molecule has 2 aromatic carbocycles. The average Bonchev–Trinajstić information content (AvgIpc) is 2.66. The zero-order valence-corrected chi connectivity index (χ0v) is 17.4. The topological polar surface area (TPSA) is 47.2 Å². The predicted octanol–water partition coefficient (Wildman–Crippen LogP) is 0.634. The van der Waals surface area contributed by atoms with E-state index in [1.165, 1.54) is 28.2 Å². The summed E-state index contributed by atoms with van der Waals surface area (Å²) in [5.41, 5.74) is 2.97. The van der Waals surface area contributed by atoms with Gasteiger partial charge in [-0.1, -0.05) is 12.1 Å². The van der Waals surface area contributed by atoms with Gasteiger partial charge in [0.1, 0.15) is 37.7 Å². The number of anilines is 1. The minimum atomic E-state index is -0.339. The Labute approximate surface area is 172 Å². The number of amides is 1. The molecular weight excluding hydrogens is 369 g/mol. The molecule has 0 aliphatic carbocycles. The van der Waals surface area contributed by atoms with E-state index in [0.717, 1.165) is 51.5 Å². The Morgan fingerprint density at radius 1 is 1.03 bits per heavy atom. The normalized spacial score (nSPS) is 19.0. The van der Waals surface area contributed by atoms with Gasteiger partial charge >= 0.3 is 0 Å². The molecule has 29 heavy (non-hydrogen) atoms. The molecule has 3 N–H and O–H groups in total. The number of halogens is 1. The number of aryl methyl sites for hydroxylation is 2. The summed E-state index contributed by atoms with van der Waals surface area (Å²) in [6.45, 7) is 10.5. The maximum Gasteiger partial charge on any atom is 0.279 e. The zero-order chi connectivity index (χ0) is 20.6. The van der Waals surface area contributed by atoms with Gasteiger partial charge in [-0.15, -0.1) is 0 Å². The fourth-order valence-electron chi connectivity index (χ4n) is 3.91. The summed E-state index contributed by atoms with van der Waals surface area (Å²) >= 11 is 0. The number of piperazine rings is 1. The van der Waals surface area contributed by atoms with Crippen LogP contribution in [0.3, 0.4) is 0 Å². The Bertz CT molecular complexity index is 799. The average molecular weight is 402 g/mol. The monoisotopic (exact) mass is 401 g/mol. The van der Waals surface area contributed by atoms with Gasteiger partial charge in [0, 0.05) is 12.1 Å². The van der Waals surface area contributed by atoms with Crippen molar-refractivity contribution in [3.63, 3.8) is 0 Å². The van der Waals surface area contributed by atoms with E-state index < -0.39 is 0 Å². The molecule has 1 saturated heterocycles. The minimum Gasteiger partial charge on any atom is -0.493 e. The van der Waals surface area contributed by atoms with Gasteiger partial charge in [0.15, 0.2) is 6.54 Å². The van der Waals surface area contributed by atoms with Crippen molar-refractivity contribution in [1.29, 1.82) is 0 Å². The molecule has 0 spiro atoms. The second kappa shape index (κ2) is 10.4. The first kappa shape index (κ1) is 21.3. The highest BCUT2D eigenvalue weighted by atomic mass is 19.1. The summed E-state index contributed by atoms with van der Waals surface area (Å²) in [7, 11) is 0. The molecule has 0 radical (unpaired) electrons. The maximum atomic E-state index is 13.2. The molecule has 0 saturated carbocycles. The highest BCUT2D eigenvalue weighted by Gasteiger charge is 2.24. The first-order valence-electron chi connectivity index (χ1n) is 10.4. The van der Waals surface area contributed by atoms with Gasteiger partial charge in [-0.05, 0) is 55.3 Å². The quantitative estimate of drug-likeness (QED) is 0.569. The van der Waals surface area contributed by atoms with Gasteiger partial charge in [0.2, 0.25) is 0 Å². The van der Waals surface area contributed by atoms with Crippen LogP contribution in [0, 0.1) is 19.7 Å². The number of carbonyl (C=O) groups excluding carboxylic acids is 1. The Balaban J connectivity index is 1.31. The smallest absolute Gasteiger partial charge is 0.279 e. The van der Waals surface area contributed by atoms with Gasteiger partial charge < -0.3 is 19.9 Å². The Morgan fingerprint density at radius 2 is 1.72 bits per heavy atom. The number of carbonyl (C=O) groups is 1. The molecule has 5 nitrogen and oxygen atoms in total. The van der Waals surface area contributed by atoms with Gasteiger partial charge in [-0.2, -0.15) is 0 Å². The van der Waals surface area contributed by atoms with E-state index in [1.807, 2.05) is 0 Å². The molecular formula is C23H32FN3O2+2. The zero-order valence-electron chi connectivity index (χ0n) is 17.4. The number of nitrogens with one attached hydrogen (secondary N) is 3. The summed E-state index contributed by atoms with van der Waals surface area (Å²) in [5.74, 6) is 0.556. The summed E-state index contributed by atoms with van der Waals surface area (Å²) in [5, 5.41) is 2.78. The highest BCUT2D eigenvalue weighted by Crippen LogP contribution is 2.16. The minimum absolute atomic E-state index is 0.0594. The molecule has 0 atom stereocenters. The van der Waals surface area contributed by atoms with Crippen molar-refractivity contribution in [2.24, 2.45) is 0 Å². The lowest BCUT2D eigenvalue weighted by Gasteiger charge is -2.29. The van der Waals surface area contributed by atoms with E-state index in [2.05, 4.69) is 37.4 Å². The fourth-order valence-corrected chi connectivity index (χ4v) is 3.91. The SMILES string of the molecule is Cc1cc(C)cc(OCCC[NH+]2CC[NH+](CC(=O)Nc3cccc(F)c3)CC2)c1. The lowest BCUT2D eigenvalue weighted by atomic mass is 10.1. The van der Waals surface area contributed by atoms with E-state index in [9.17, 15) is 9.18 Å². The second-order valence-electron chi connectivity index (χ2n) is 8.01. The lowest BCUT2D eigenvalue weighted by molar-refractivity contribution is -1.01. The van der Waals surface area contributed by atoms with Crippen molar-refractivity contribution in [3.8, 4) is 5.75 Å². The number of rotatable bonds is 8.